The molecule has 6 heteroatoms. The minimum Gasteiger partial charge on any atom is -0.443 e. The quantitative estimate of drug-likeness (QED) is 0.768. The van der Waals surface area contributed by atoms with Gasteiger partial charge < -0.3 is 19.3 Å². The van der Waals surface area contributed by atoms with E-state index in [0.717, 1.165) is 29.5 Å². The zero-order chi connectivity index (χ0) is 21.0. The maximum atomic E-state index is 12.7. The van der Waals surface area contributed by atoms with E-state index in [4.69, 9.17) is 9.84 Å². The number of pyridine rings is 1. The highest BCUT2D eigenvalue weighted by molar-refractivity contribution is 5.70. The molecule has 29 heavy (non-hydrogen) atoms. The molecule has 3 rings (SSSR count). The van der Waals surface area contributed by atoms with E-state index in [-0.39, 0.29) is 24.3 Å². The zero-order valence-electron chi connectivity index (χ0n) is 17.4. The van der Waals surface area contributed by atoms with Crippen molar-refractivity contribution < 1.29 is 14.6 Å². The smallest absolute Gasteiger partial charge is 0.410 e. The van der Waals surface area contributed by atoms with Crippen LogP contribution in [0, 0.1) is 0 Å². The van der Waals surface area contributed by atoms with Gasteiger partial charge in [-0.1, -0.05) is 31.2 Å². The molecule has 0 spiro atoms. The van der Waals surface area contributed by atoms with Crippen molar-refractivity contribution in [3.63, 3.8) is 0 Å². The summed E-state index contributed by atoms with van der Waals surface area (Å²) >= 11 is 0. The molecule has 0 radical (unpaired) electrons. The highest BCUT2D eigenvalue weighted by atomic mass is 16.6. The molecule has 0 unspecified atom stereocenters. The maximum Gasteiger partial charge on any atom is 0.410 e. The van der Waals surface area contributed by atoms with Gasteiger partial charge in [0, 0.05) is 38.9 Å². The standard InChI is InChI=1S/C23H30N2O4/c1-4-20(25-14-13-23(2,12-5-15-26)29-22(25)28)18-8-6-17(7-9-18)19-10-11-21(27)24(3)16-19/h6-11,16,20,26H,4-5,12-15H2,1-3H3/t20-,23+/m0/s1. The number of aliphatic hydroxyl groups is 1. The first kappa shape index (κ1) is 21.1. The molecular weight excluding hydrogens is 368 g/mol. The molecule has 2 atom stereocenters. The molecule has 1 saturated heterocycles. The van der Waals surface area contributed by atoms with Crippen LogP contribution in [0.4, 0.5) is 4.79 Å². The van der Waals surface area contributed by atoms with Gasteiger partial charge >= 0.3 is 6.09 Å². The maximum absolute atomic E-state index is 12.7. The average Bonchev–Trinajstić information content (AvgIpc) is 2.71. The molecule has 1 fully saturated rings. The second kappa shape index (κ2) is 8.82. The molecule has 2 heterocycles. The molecule has 1 aliphatic rings. The van der Waals surface area contributed by atoms with E-state index < -0.39 is 5.60 Å². The first-order valence-electron chi connectivity index (χ1n) is 10.2. The fourth-order valence-electron chi connectivity index (χ4n) is 3.98. The summed E-state index contributed by atoms with van der Waals surface area (Å²) < 4.78 is 7.32. The van der Waals surface area contributed by atoms with E-state index in [1.807, 2.05) is 48.4 Å². The number of aromatic nitrogens is 1. The van der Waals surface area contributed by atoms with Crippen LogP contribution in [0.3, 0.4) is 0 Å². The molecule has 6 nitrogen and oxygen atoms in total. The number of carbonyl (C=O) groups is 1. The van der Waals surface area contributed by atoms with Crippen molar-refractivity contribution in [3.8, 4) is 11.1 Å². The largest absolute Gasteiger partial charge is 0.443 e. The van der Waals surface area contributed by atoms with E-state index >= 15 is 0 Å². The summed E-state index contributed by atoms with van der Waals surface area (Å²) in [6.07, 6.45) is 4.39. The summed E-state index contributed by atoms with van der Waals surface area (Å²) in [6.45, 7) is 4.76. The highest BCUT2D eigenvalue weighted by Gasteiger charge is 2.38. The summed E-state index contributed by atoms with van der Waals surface area (Å²) in [6, 6.07) is 11.5. The molecular formula is C23H30N2O4. The van der Waals surface area contributed by atoms with Crippen molar-refractivity contribution in [3.05, 3.63) is 58.5 Å². The molecule has 1 aromatic carbocycles. The van der Waals surface area contributed by atoms with Crippen molar-refractivity contribution in [2.45, 2.75) is 51.2 Å². The fraction of sp³-hybridized carbons (Fsp3) is 0.478. The van der Waals surface area contributed by atoms with Crippen LogP contribution >= 0.6 is 0 Å². The molecule has 156 valence electrons. The van der Waals surface area contributed by atoms with Gasteiger partial charge in [-0.15, -0.1) is 0 Å². The van der Waals surface area contributed by atoms with Gasteiger partial charge in [-0.25, -0.2) is 4.79 Å². The van der Waals surface area contributed by atoms with Crippen LogP contribution in [-0.4, -0.2) is 39.4 Å². The Bertz CT molecular complexity index is 906. The van der Waals surface area contributed by atoms with E-state index in [2.05, 4.69) is 6.92 Å². The molecule has 1 amide bonds. The summed E-state index contributed by atoms with van der Waals surface area (Å²) in [5.74, 6) is 0. The number of benzene rings is 1. The first-order chi connectivity index (χ1) is 13.9. The molecule has 0 aliphatic carbocycles. The summed E-state index contributed by atoms with van der Waals surface area (Å²) in [5, 5.41) is 9.07. The van der Waals surface area contributed by atoms with Gasteiger partial charge in [-0.3, -0.25) is 4.79 Å². The Kier molecular flexibility index (Phi) is 6.42. The Morgan fingerprint density at radius 3 is 2.41 bits per heavy atom. The number of aliphatic hydroxyl groups excluding tert-OH is 1. The molecule has 0 saturated carbocycles. The first-order valence-corrected chi connectivity index (χ1v) is 10.2. The molecule has 1 aromatic heterocycles. The van der Waals surface area contributed by atoms with Crippen LogP contribution < -0.4 is 5.56 Å². The van der Waals surface area contributed by atoms with Crippen molar-refractivity contribution in [1.82, 2.24) is 9.47 Å². The van der Waals surface area contributed by atoms with Gasteiger partial charge in [0.2, 0.25) is 5.56 Å². The minimum atomic E-state index is -0.498. The van der Waals surface area contributed by atoms with E-state index in [9.17, 15) is 9.59 Å². The summed E-state index contributed by atoms with van der Waals surface area (Å²) in [7, 11) is 1.74. The van der Waals surface area contributed by atoms with Crippen LogP contribution in [0.5, 0.6) is 0 Å². The second-order valence-corrected chi connectivity index (χ2v) is 8.00. The molecule has 1 N–H and O–H groups in total. The van der Waals surface area contributed by atoms with Crippen LogP contribution in [0.2, 0.25) is 0 Å². The predicted molar refractivity (Wildman–Crippen MR) is 113 cm³/mol. The van der Waals surface area contributed by atoms with Gasteiger partial charge in [-0.2, -0.15) is 0 Å². The number of amides is 1. The lowest BCUT2D eigenvalue weighted by molar-refractivity contribution is -0.0540. The lowest BCUT2D eigenvalue weighted by atomic mass is 9.93. The number of carbonyl (C=O) groups excluding carboxylic acids is 1. The van der Waals surface area contributed by atoms with Gasteiger partial charge in [0.1, 0.15) is 5.60 Å². The third kappa shape index (κ3) is 4.70. The zero-order valence-corrected chi connectivity index (χ0v) is 17.4. The summed E-state index contributed by atoms with van der Waals surface area (Å²) in [5.41, 5.74) is 2.53. The molecule has 2 aromatic rings. The normalized spacial score (nSPS) is 20.4. The van der Waals surface area contributed by atoms with Gasteiger partial charge in [0.05, 0.1) is 6.04 Å². The van der Waals surface area contributed by atoms with Crippen LogP contribution in [0.1, 0.15) is 51.1 Å². The lowest BCUT2D eigenvalue weighted by Gasteiger charge is -2.42. The van der Waals surface area contributed by atoms with Gasteiger partial charge in [0.15, 0.2) is 0 Å². The van der Waals surface area contributed by atoms with Crippen molar-refractivity contribution in [2.24, 2.45) is 7.05 Å². The summed E-state index contributed by atoms with van der Waals surface area (Å²) in [4.78, 5) is 26.1. The number of ether oxygens (including phenoxy) is 1. The molecule has 1 aliphatic heterocycles. The van der Waals surface area contributed by atoms with E-state index in [1.165, 1.54) is 0 Å². The SMILES string of the molecule is CC[C@@H](c1ccc(-c2ccc(=O)n(C)c2)cc1)N1CC[C@@](C)(CCCO)OC1=O. The number of hydrogen-bond acceptors (Lipinski definition) is 4. The number of cyclic esters (lactones) is 1. The Morgan fingerprint density at radius 2 is 1.83 bits per heavy atom. The fourth-order valence-corrected chi connectivity index (χ4v) is 3.98. The van der Waals surface area contributed by atoms with Gasteiger partial charge in [-0.05, 0) is 48.9 Å². The second-order valence-electron chi connectivity index (χ2n) is 8.00. The Morgan fingerprint density at radius 1 is 1.14 bits per heavy atom. The van der Waals surface area contributed by atoms with Crippen LogP contribution in [0.15, 0.2) is 47.4 Å². The number of hydrogen-bond donors (Lipinski definition) is 1. The minimum absolute atomic E-state index is 0.0361. The predicted octanol–water partition coefficient (Wildman–Crippen LogP) is 3.88. The Balaban J connectivity index is 1.75. The lowest BCUT2D eigenvalue weighted by Crippen LogP contribution is -2.49. The van der Waals surface area contributed by atoms with Crippen LogP contribution in [-0.2, 0) is 11.8 Å². The van der Waals surface area contributed by atoms with Crippen LogP contribution in [0.25, 0.3) is 11.1 Å². The van der Waals surface area contributed by atoms with E-state index in [1.54, 1.807) is 17.7 Å². The van der Waals surface area contributed by atoms with Crippen molar-refractivity contribution >= 4 is 6.09 Å². The molecule has 0 bridgehead atoms. The number of aryl methyl sites for hydroxylation is 1. The number of nitrogens with zero attached hydrogens (tertiary/aromatic N) is 2. The topological polar surface area (TPSA) is 71.8 Å². The Hall–Kier alpha value is -2.60. The van der Waals surface area contributed by atoms with Crippen molar-refractivity contribution in [2.75, 3.05) is 13.2 Å². The van der Waals surface area contributed by atoms with Gasteiger partial charge in [0.25, 0.3) is 0 Å². The third-order valence-corrected chi connectivity index (χ3v) is 5.79. The highest BCUT2D eigenvalue weighted by Crippen LogP contribution is 2.34. The van der Waals surface area contributed by atoms with Crippen molar-refractivity contribution in [1.29, 1.82) is 0 Å². The third-order valence-electron chi connectivity index (χ3n) is 5.79. The average molecular weight is 399 g/mol. The monoisotopic (exact) mass is 398 g/mol. The van der Waals surface area contributed by atoms with E-state index in [0.29, 0.717) is 19.4 Å². The number of rotatable bonds is 7. The Labute approximate surface area is 171 Å².